The van der Waals surface area contributed by atoms with Gasteiger partial charge in [0.25, 0.3) is 0 Å². The summed E-state index contributed by atoms with van der Waals surface area (Å²) < 4.78 is 8.88. The molecule has 0 heterocycles. The maximum Gasteiger partial charge on any atom is 1.00 e. The largest absolute Gasteiger partial charge is 1.00 e. The minimum absolute atomic E-state index is 0. The molecule has 0 aliphatic heterocycles. The van der Waals surface area contributed by atoms with E-state index in [-0.39, 0.29) is 55.7 Å². The Bertz CT molecular complexity index is 61.9. The molecule has 0 aliphatic rings. The third-order valence-electron chi connectivity index (χ3n) is 0. The molecule has 0 bridgehead atoms. The second-order valence-corrected chi connectivity index (χ2v) is 1.54. The molecule has 0 atom stereocenters. The zero-order valence-corrected chi connectivity index (χ0v) is 7.21. The Kier molecular flexibility index (Phi) is 6.61. The molecule has 0 aliphatic carbocycles. The van der Waals surface area contributed by atoms with Crippen molar-refractivity contribution in [3.8, 4) is 0 Å². The molecule has 0 amide bonds. The number of hydrogen-bond acceptors (Lipinski definition) is 1. The fourth-order valence-electron chi connectivity index (χ4n) is 0. The van der Waals surface area contributed by atoms with Crippen LogP contribution < -0.4 is 51.4 Å². The van der Waals surface area contributed by atoms with Crippen LogP contribution in [0.4, 0.5) is 0 Å². The van der Waals surface area contributed by atoms with E-state index in [0.717, 1.165) is 0 Å². The molecule has 38 valence electrons. The molecular formula is H8KO4P. The van der Waals surface area contributed by atoms with Gasteiger partial charge in [0.1, 0.15) is 0 Å². The van der Waals surface area contributed by atoms with Crippen molar-refractivity contribution in [2.75, 3.05) is 0 Å². The fraction of sp³-hybridized carbons (Fsp3) is 0. The Morgan fingerprint density at radius 3 is 1.50 bits per heavy atom. The van der Waals surface area contributed by atoms with Crippen molar-refractivity contribution in [3.05, 3.63) is 0 Å². The summed E-state index contributed by atoms with van der Waals surface area (Å²) in [5, 5.41) is 0. The van der Waals surface area contributed by atoms with Gasteiger partial charge >= 0.3 is 59.2 Å². The summed E-state index contributed by atoms with van der Waals surface area (Å²) in [5.41, 5.74) is 0. The minimum atomic E-state index is -4.64. The van der Waals surface area contributed by atoms with Crippen LogP contribution >= 0.6 is 7.82 Å². The summed E-state index contributed by atoms with van der Waals surface area (Å²) in [4.78, 5) is 21.6. The molecule has 0 fully saturated rings. The molecule has 0 aromatic carbocycles. The molecule has 0 aromatic rings. The predicted octanol–water partition coefficient (Wildman–Crippen LogP) is -3.32. The van der Waals surface area contributed by atoms with Crippen LogP contribution in [0, 0.1) is 0 Å². The van der Waals surface area contributed by atoms with Gasteiger partial charge in [-0.3, -0.25) is 0 Å². The summed E-state index contributed by atoms with van der Waals surface area (Å²) in [7, 11) is -4.64. The van der Waals surface area contributed by atoms with Gasteiger partial charge in [0, 0.05) is 2.85 Å². The van der Waals surface area contributed by atoms with Crippen LogP contribution in [0.25, 0.3) is 0 Å². The Morgan fingerprint density at radius 2 is 1.50 bits per heavy atom. The molecule has 0 rings (SSSR count). The third-order valence-corrected chi connectivity index (χ3v) is 0. The second kappa shape index (κ2) is 3.71. The van der Waals surface area contributed by atoms with E-state index in [1.807, 2.05) is 0 Å². The zero-order valence-electron chi connectivity index (χ0n) is 4.20. The summed E-state index contributed by atoms with van der Waals surface area (Å²) >= 11 is 0. The van der Waals surface area contributed by atoms with Crippen molar-refractivity contribution in [2.45, 2.75) is 0 Å². The van der Waals surface area contributed by atoms with Gasteiger partial charge in [-0.25, -0.2) is 4.57 Å². The van der Waals surface area contributed by atoms with E-state index in [1.165, 1.54) is 0 Å². The van der Waals surface area contributed by atoms with Gasteiger partial charge in [-0.2, -0.15) is 0 Å². The predicted molar refractivity (Wildman–Crippen MR) is 19.6 cm³/mol. The van der Waals surface area contributed by atoms with E-state index >= 15 is 0 Å². The average Bonchev–Trinajstić information content (AvgIpc) is 0.722. The standard InChI is InChI=1S/K.H3O4P.2H2.H/c;1-5(2,3)4;;;/h;(H3,1,2,3,4);2*1H;/q+1;;;;-1/i;;2*1+1;. The molecular weight excluding hydrogens is 134 g/mol. The SMILES string of the molecule is O=P(O)(O)O.[2HH].[2HH].[H-].[K+]. The Labute approximate surface area is 81.7 Å². The van der Waals surface area contributed by atoms with E-state index in [2.05, 4.69) is 0 Å². The van der Waals surface area contributed by atoms with Crippen LogP contribution in [-0.4, -0.2) is 14.7 Å². The van der Waals surface area contributed by atoms with Gasteiger partial charge < -0.3 is 16.1 Å². The first kappa shape index (κ1) is 10.7. The first-order valence-corrected chi connectivity index (χ1v) is 2.35. The molecule has 0 unspecified atom stereocenters. The minimum Gasteiger partial charge on any atom is -1.00 e. The normalized spacial score (nSPS) is 9.83. The maximum absolute atomic E-state index is 8.88. The van der Waals surface area contributed by atoms with Crippen molar-refractivity contribution in [3.63, 3.8) is 0 Å². The Morgan fingerprint density at radius 1 is 1.50 bits per heavy atom. The van der Waals surface area contributed by atoms with Gasteiger partial charge in [0.05, 0.1) is 0 Å². The first-order valence-electron chi connectivity index (χ1n) is 0.783. The van der Waals surface area contributed by atoms with Gasteiger partial charge in [0.15, 0.2) is 0 Å². The van der Waals surface area contributed by atoms with Crippen molar-refractivity contribution >= 4 is 7.82 Å². The van der Waals surface area contributed by atoms with Crippen LogP contribution in [0.5, 0.6) is 0 Å². The van der Waals surface area contributed by atoms with Crippen molar-refractivity contribution in [1.82, 2.24) is 0 Å². The van der Waals surface area contributed by atoms with E-state index in [9.17, 15) is 0 Å². The van der Waals surface area contributed by atoms with E-state index in [4.69, 9.17) is 19.2 Å². The molecule has 0 aromatic heterocycles. The van der Waals surface area contributed by atoms with E-state index in [0.29, 0.717) is 0 Å². The Balaban J connectivity index is -0.0000000133. The summed E-state index contributed by atoms with van der Waals surface area (Å²) in [6, 6.07) is 0. The zero-order chi connectivity index (χ0) is 4.50. The summed E-state index contributed by atoms with van der Waals surface area (Å²) in [6.45, 7) is 0. The van der Waals surface area contributed by atoms with Crippen LogP contribution in [0.15, 0.2) is 0 Å². The smallest absolute Gasteiger partial charge is 1.00 e. The van der Waals surface area contributed by atoms with Gasteiger partial charge in [-0.1, -0.05) is 0 Å². The molecule has 0 saturated heterocycles. The molecule has 6 heavy (non-hydrogen) atoms. The van der Waals surface area contributed by atoms with E-state index in [1.54, 1.807) is 0 Å². The van der Waals surface area contributed by atoms with Gasteiger partial charge in [0.2, 0.25) is 0 Å². The number of phosphoric acid groups is 1. The number of hydrogen-bond donors (Lipinski definition) is 3. The molecule has 0 radical (unpaired) electrons. The third kappa shape index (κ3) is 42.4. The van der Waals surface area contributed by atoms with E-state index < -0.39 is 7.82 Å². The fourth-order valence-corrected chi connectivity index (χ4v) is 0. The summed E-state index contributed by atoms with van der Waals surface area (Å²) in [5.74, 6) is 0. The maximum atomic E-state index is 8.88. The monoisotopic (exact) mass is 144 g/mol. The molecule has 0 saturated carbocycles. The van der Waals surface area contributed by atoms with Crippen LogP contribution in [0.1, 0.15) is 4.28 Å². The Hall–Kier alpha value is 1.75. The van der Waals surface area contributed by atoms with Crippen molar-refractivity contribution in [1.29, 1.82) is 0 Å². The summed E-state index contributed by atoms with van der Waals surface area (Å²) in [6.07, 6.45) is 0. The topological polar surface area (TPSA) is 77.8 Å². The van der Waals surface area contributed by atoms with Crippen LogP contribution in [0.2, 0.25) is 0 Å². The van der Waals surface area contributed by atoms with Crippen molar-refractivity contribution in [2.24, 2.45) is 0 Å². The van der Waals surface area contributed by atoms with Gasteiger partial charge in [-0.05, 0) is 0 Å². The quantitative estimate of drug-likeness (QED) is 0.245. The molecule has 0 spiro atoms. The van der Waals surface area contributed by atoms with Crippen LogP contribution in [-0.2, 0) is 4.57 Å². The first-order chi connectivity index (χ1) is 2.00. The van der Waals surface area contributed by atoms with Crippen molar-refractivity contribution < 1.29 is 74.9 Å². The van der Waals surface area contributed by atoms with Crippen LogP contribution in [0.3, 0.4) is 0 Å². The number of rotatable bonds is 0. The van der Waals surface area contributed by atoms with Gasteiger partial charge in [-0.15, -0.1) is 0 Å². The molecule has 4 nitrogen and oxygen atoms in total. The molecule has 6 heteroatoms. The average molecular weight is 144 g/mol. The molecule has 3 N–H and O–H groups in total. The second-order valence-electron chi connectivity index (χ2n) is 0.513.